The number of hydrogen-bond donors (Lipinski definition) is 0. The van der Waals surface area contributed by atoms with E-state index in [9.17, 15) is 0 Å². The molecule has 4 heteroatoms. The molecule has 1 aromatic heterocycles. The maximum atomic E-state index is 5.65. The zero-order valence-corrected chi connectivity index (χ0v) is 14.2. The summed E-state index contributed by atoms with van der Waals surface area (Å²) in [6.45, 7) is 3.02. The fourth-order valence-corrected chi connectivity index (χ4v) is 3.58. The zero-order chi connectivity index (χ0) is 16.7. The molecule has 4 rings (SSSR count). The maximum absolute atomic E-state index is 5.65. The number of aromatic nitrogens is 1. The molecule has 0 amide bonds. The van der Waals surface area contributed by atoms with Crippen molar-refractivity contribution in [2.45, 2.75) is 13.3 Å². The van der Waals surface area contributed by atoms with Gasteiger partial charge in [-0.25, -0.2) is 4.98 Å². The number of rotatable bonds is 3. The van der Waals surface area contributed by atoms with Crippen molar-refractivity contribution in [2.24, 2.45) is 0 Å². The number of fused-ring (bicyclic) bond motifs is 3. The molecule has 0 spiro atoms. The molecule has 0 aliphatic carbocycles. The molecule has 0 radical (unpaired) electrons. The van der Waals surface area contributed by atoms with Crippen molar-refractivity contribution in [1.29, 1.82) is 0 Å². The molecular formula is C20H20N2O2. The van der Waals surface area contributed by atoms with Crippen LogP contribution in [0.4, 0.5) is 11.4 Å². The monoisotopic (exact) mass is 320 g/mol. The fraction of sp³-hybridized carbons (Fsp3) is 0.250. The van der Waals surface area contributed by atoms with Gasteiger partial charge in [-0.2, -0.15) is 0 Å². The second kappa shape index (κ2) is 5.71. The number of hydrogen-bond acceptors (Lipinski definition) is 4. The van der Waals surface area contributed by atoms with Crippen LogP contribution >= 0.6 is 0 Å². The molecule has 0 saturated heterocycles. The van der Waals surface area contributed by atoms with Crippen LogP contribution in [-0.2, 0) is 6.42 Å². The van der Waals surface area contributed by atoms with Gasteiger partial charge >= 0.3 is 0 Å². The predicted octanol–water partition coefficient (Wildman–Crippen LogP) is 4.25. The van der Waals surface area contributed by atoms with Crippen LogP contribution in [0.5, 0.6) is 11.5 Å². The average molecular weight is 320 g/mol. The van der Waals surface area contributed by atoms with Gasteiger partial charge in [0.15, 0.2) is 0 Å². The Morgan fingerprint density at radius 1 is 0.958 bits per heavy atom. The number of aryl methyl sites for hydroxylation is 1. The van der Waals surface area contributed by atoms with Crippen molar-refractivity contribution < 1.29 is 9.47 Å². The van der Waals surface area contributed by atoms with Gasteiger partial charge in [0.1, 0.15) is 17.0 Å². The molecule has 24 heavy (non-hydrogen) atoms. The van der Waals surface area contributed by atoms with Crippen LogP contribution in [0.25, 0.3) is 10.9 Å². The third-order valence-corrected chi connectivity index (χ3v) is 4.70. The van der Waals surface area contributed by atoms with Gasteiger partial charge in [0, 0.05) is 17.9 Å². The van der Waals surface area contributed by atoms with Crippen molar-refractivity contribution in [3.8, 4) is 11.5 Å². The lowest BCUT2D eigenvalue weighted by Crippen LogP contribution is -2.13. The van der Waals surface area contributed by atoms with Crippen molar-refractivity contribution in [3.63, 3.8) is 0 Å². The van der Waals surface area contributed by atoms with Gasteiger partial charge in [-0.15, -0.1) is 0 Å². The highest BCUT2D eigenvalue weighted by atomic mass is 16.5. The minimum Gasteiger partial charge on any atom is -0.496 e. The summed E-state index contributed by atoms with van der Waals surface area (Å²) in [4.78, 5) is 7.18. The van der Waals surface area contributed by atoms with Crippen molar-refractivity contribution >= 4 is 22.3 Å². The largest absolute Gasteiger partial charge is 0.496 e. The highest BCUT2D eigenvalue weighted by Crippen LogP contribution is 2.46. The van der Waals surface area contributed by atoms with Gasteiger partial charge in [-0.1, -0.05) is 18.2 Å². The van der Waals surface area contributed by atoms with Gasteiger partial charge in [-0.3, -0.25) is 0 Å². The van der Waals surface area contributed by atoms with Crippen LogP contribution in [0.15, 0.2) is 42.5 Å². The molecule has 0 unspecified atom stereocenters. The topological polar surface area (TPSA) is 34.6 Å². The number of methoxy groups -OCH3 is 2. The Balaban J connectivity index is 2.07. The van der Waals surface area contributed by atoms with Crippen LogP contribution in [0.1, 0.15) is 11.3 Å². The molecule has 0 saturated carbocycles. The first-order valence-corrected chi connectivity index (χ1v) is 8.11. The van der Waals surface area contributed by atoms with E-state index in [4.69, 9.17) is 14.5 Å². The molecule has 0 atom stereocenters. The molecular weight excluding hydrogens is 300 g/mol. The lowest BCUT2D eigenvalue weighted by Gasteiger charge is -2.23. The van der Waals surface area contributed by atoms with Crippen LogP contribution in [0.3, 0.4) is 0 Å². The Labute approximate surface area is 141 Å². The normalized spacial score (nSPS) is 13.2. The van der Waals surface area contributed by atoms with Crippen molar-refractivity contribution in [1.82, 2.24) is 4.98 Å². The summed E-state index contributed by atoms with van der Waals surface area (Å²) in [5, 5.41) is 1.03. The number of pyridine rings is 1. The summed E-state index contributed by atoms with van der Waals surface area (Å²) in [5.41, 5.74) is 5.59. The van der Waals surface area contributed by atoms with E-state index in [2.05, 4.69) is 36.1 Å². The van der Waals surface area contributed by atoms with Gasteiger partial charge < -0.3 is 14.4 Å². The van der Waals surface area contributed by atoms with E-state index in [1.807, 2.05) is 18.2 Å². The number of benzene rings is 2. The third kappa shape index (κ3) is 2.10. The first kappa shape index (κ1) is 14.8. The van der Waals surface area contributed by atoms with E-state index < -0.39 is 0 Å². The molecule has 1 aliphatic heterocycles. The Bertz CT molecular complexity index is 907. The van der Waals surface area contributed by atoms with E-state index in [0.29, 0.717) is 0 Å². The molecule has 2 aromatic carbocycles. The zero-order valence-electron chi connectivity index (χ0n) is 14.2. The highest BCUT2D eigenvalue weighted by Gasteiger charge is 2.28. The van der Waals surface area contributed by atoms with Gasteiger partial charge in [0.25, 0.3) is 0 Å². The van der Waals surface area contributed by atoms with E-state index >= 15 is 0 Å². The summed E-state index contributed by atoms with van der Waals surface area (Å²) < 4.78 is 11.2. The van der Waals surface area contributed by atoms with Gasteiger partial charge in [0.2, 0.25) is 0 Å². The minimum atomic E-state index is 0.775. The van der Waals surface area contributed by atoms with Crippen LogP contribution < -0.4 is 14.4 Å². The van der Waals surface area contributed by atoms with Gasteiger partial charge in [-0.05, 0) is 43.2 Å². The SMILES string of the molecule is COc1ccc(OC)c2c3c(c(C)nc12)CCN3c1ccccc1. The summed E-state index contributed by atoms with van der Waals surface area (Å²) in [6, 6.07) is 14.3. The second-order valence-electron chi connectivity index (χ2n) is 5.96. The van der Waals surface area contributed by atoms with Crippen LogP contribution in [0, 0.1) is 6.92 Å². The van der Waals surface area contributed by atoms with E-state index in [0.717, 1.165) is 41.1 Å². The summed E-state index contributed by atoms with van der Waals surface area (Å²) in [6.07, 6.45) is 0.985. The molecule has 0 bridgehead atoms. The Hall–Kier alpha value is -2.75. The Morgan fingerprint density at radius 2 is 1.67 bits per heavy atom. The number of ether oxygens (including phenoxy) is 2. The number of anilines is 2. The minimum absolute atomic E-state index is 0.775. The lowest BCUT2D eigenvalue weighted by molar-refractivity contribution is 0.409. The lowest BCUT2D eigenvalue weighted by atomic mass is 10.0. The Morgan fingerprint density at radius 3 is 2.38 bits per heavy atom. The maximum Gasteiger partial charge on any atom is 0.145 e. The average Bonchev–Trinajstić information content (AvgIpc) is 3.07. The Kier molecular flexibility index (Phi) is 3.53. The molecule has 1 aliphatic rings. The van der Waals surface area contributed by atoms with E-state index in [1.165, 1.54) is 16.9 Å². The third-order valence-electron chi connectivity index (χ3n) is 4.70. The highest BCUT2D eigenvalue weighted by molar-refractivity contribution is 6.04. The molecule has 0 fully saturated rings. The summed E-state index contributed by atoms with van der Waals surface area (Å²) in [7, 11) is 3.38. The van der Waals surface area contributed by atoms with Crippen molar-refractivity contribution in [3.05, 3.63) is 53.7 Å². The molecule has 4 nitrogen and oxygen atoms in total. The van der Waals surface area contributed by atoms with E-state index in [1.54, 1.807) is 14.2 Å². The van der Waals surface area contributed by atoms with E-state index in [-0.39, 0.29) is 0 Å². The summed E-state index contributed by atoms with van der Waals surface area (Å²) in [5.74, 6) is 1.61. The molecule has 0 N–H and O–H groups in total. The first-order chi connectivity index (χ1) is 11.7. The smallest absolute Gasteiger partial charge is 0.145 e. The second-order valence-corrected chi connectivity index (χ2v) is 5.96. The first-order valence-electron chi connectivity index (χ1n) is 8.11. The van der Waals surface area contributed by atoms with Gasteiger partial charge in [0.05, 0.1) is 25.3 Å². The quantitative estimate of drug-likeness (QED) is 0.722. The molecule has 3 aromatic rings. The number of para-hydroxylation sites is 1. The molecule has 122 valence electrons. The molecule has 2 heterocycles. The van der Waals surface area contributed by atoms with Crippen LogP contribution in [-0.4, -0.2) is 25.7 Å². The number of nitrogens with zero attached hydrogens (tertiary/aromatic N) is 2. The van der Waals surface area contributed by atoms with Crippen molar-refractivity contribution in [2.75, 3.05) is 25.7 Å². The predicted molar refractivity (Wildman–Crippen MR) is 96.7 cm³/mol. The fourth-order valence-electron chi connectivity index (χ4n) is 3.58. The standard InChI is InChI=1S/C20H20N2O2/c1-13-15-11-12-22(14-7-5-4-6-8-14)20(15)18-16(23-2)9-10-17(24-3)19(18)21-13/h4-10H,11-12H2,1-3H3. The van der Waals surface area contributed by atoms with Crippen LogP contribution in [0.2, 0.25) is 0 Å². The summed E-state index contributed by atoms with van der Waals surface area (Å²) >= 11 is 0.